The van der Waals surface area contributed by atoms with Crippen LogP contribution in [0, 0.1) is 19.3 Å². The van der Waals surface area contributed by atoms with Crippen LogP contribution in [0.15, 0.2) is 46.9 Å². The second-order valence-corrected chi connectivity index (χ2v) is 13.0. The van der Waals surface area contributed by atoms with Crippen molar-refractivity contribution < 1.29 is 23.9 Å². The molecule has 2 aliphatic carbocycles. The number of carbonyl (C=O) groups excluding carboxylic acids is 3. The van der Waals surface area contributed by atoms with Gasteiger partial charge in [-0.25, -0.2) is 4.98 Å². The Bertz CT molecular complexity index is 1590. The summed E-state index contributed by atoms with van der Waals surface area (Å²) in [5.41, 5.74) is 5.02. The molecule has 0 bridgehead atoms. The maximum atomic E-state index is 14.1. The summed E-state index contributed by atoms with van der Waals surface area (Å²) < 4.78 is 12.5. The van der Waals surface area contributed by atoms with Crippen molar-refractivity contribution in [3.8, 4) is 17.0 Å². The van der Waals surface area contributed by atoms with E-state index in [0.717, 1.165) is 47.3 Å². The van der Waals surface area contributed by atoms with Crippen LogP contribution >= 0.6 is 0 Å². The first kappa shape index (κ1) is 27.4. The molecule has 0 saturated heterocycles. The Balaban J connectivity index is 1.60. The van der Waals surface area contributed by atoms with Gasteiger partial charge in [0.05, 0.1) is 24.3 Å². The predicted molar refractivity (Wildman–Crippen MR) is 156 cm³/mol. The SMILES string of the molecule is COc1ccc(-c2ccc(C)c(C(C)=O)n2)c(C)c1[C@H]1C2=C(CC3(CCC3)CC2=O)OC2=C1C(=O)N(C)C(C)(C)C2. The third kappa shape index (κ3) is 4.15. The molecule has 0 N–H and O–H groups in total. The molecule has 0 unspecified atom stereocenters. The van der Waals surface area contributed by atoms with E-state index in [1.165, 1.54) is 6.92 Å². The van der Waals surface area contributed by atoms with Gasteiger partial charge in [-0.15, -0.1) is 0 Å². The van der Waals surface area contributed by atoms with Gasteiger partial charge < -0.3 is 14.4 Å². The summed E-state index contributed by atoms with van der Waals surface area (Å²) in [6.07, 6.45) is 4.93. The summed E-state index contributed by atoms with van der Waals surface area (Å²) in [5, 5.41) is 0. The molecule has 1 aromatic heterocycles. The molecule has 1 atom stereocenters. The highest BCUT2D eigenvalue weighted by molar-refractivity contribution is 6.06. The highest BCUT2D eigenvalue weighted by atomic mass is 16.5. The number of amides is 1. The largest absolute Gasteiger partial charge is 0.496 e. The Labute approximate surface area is 241 Å². The summed E-state index contributed by atoms with van der Waals surface area (Å²) in [6.45, 7) is 9.46. The fourth-order valence-corrected chi connectivity index (χ4v) is 7.22. The molecule has 2 aromatic rings. The van der Waals surface area contributed by atoms with E-state index in [1.807, 2.05) is 59.0 Å². The van der Waals surface area contributed by atoms with Crippen LogP contribution in [0.25, 0.3) is 11.3 Å². The zero-order chi connectivity index (χ0) is 29.4. The predicted octanol–water partition coefficient (Wildman–Crippen LogP) is 6.37. The number of carbonyl (C=O) groups is 3. The quantitative estimate of drug-likeness (QED) is 0.408. The molecule has 0 radical (unpaired) electrons. The smallest absolute Gasteiger partial charge is 0.254 e. The zero-order valence-corrected chi connectivity index (χ0v) is 25.1. The van der Waals surface area contributed by atoms with Gasteiger partial charge in [0, 0.05) is 55.5 Å². The minimum absolute atomic E-state index is 0.0284. The van der Waals surface area contributed by atoms with E-state index in [4.69, 9.17) is 14.5 Å². The van der Waals surface area contributed by atoms with Crippen LogP contribution in [0.2, 0.25) is 0 Å². The molecular formula is C34H38N2O5. The molecule has 7 heteroatoms. The van der Waals surface area contributed by atoms with Gasteiger partial charge in [-0.1, -0.05) is 12.5 Å². The molecule has 1 fully saturated rings. The van der Waals surface area contributed by atoms with Crippen LogP contribution in [-0.2, 0) is 14.3 Å². The number of Topliss-reactive ketones (excluding diaryl/α,β-unsaturated/α-hetero) is 2. The number of benzene rings is 1. The Morgan fingerprint density at radius 3 is 2.37 bits per heavy atom. The number of ketones is 2. The second-order valence-electron chi connectivity index (χ2n) is 13.0. The normalized spacial score (nSPS) is 22.7. The van der Waals surface area contributed by atoms with Gasteiger partial charge in [-0.05, 0) is 75.3 Å². The molecule has 6 rings (SSSR count). The van der Waals surface area contributed by atoms with E-state index in [9.17, 15) is 14.4 Å². The van der Waals surface area contributed by atoms with Crippen LogP contribution in [0.3, 0.4) is 0 Å². The summed E-state index contributed by atoms with van der Waals surface area (Å²) >= 11 is 0. The number of hydrogen-bond donors (Lipinski definition) is 0. The fourth-order valence-electron chi connectivity index (χ4n) is 7.22. The maximum Gasteiger partial charge on any atom is 0.254 e. The minimum Gasteiger partial charge on any atom is -0.496 e. The van der Waals surface area contributed by atoms with Gasteiger partial charge in [0.1, 0.15) is 23.0 Å². The molecule has 214 valence electrons. The lowest BCUT2D eigenvalue weighted by molar-refractivity contribution is -0.133. The molecule has 1 saturated carbocycles. The van der Waals surface area contributed by atoms with Gasteiger partial charge in [0.25, 0.3) is 5.91 Å². The Morgan fingerprint density at radius 1 is 1.02 bits per heavy atom. The number of ether oxygens (including phenoxy) is 2. The zero-order valence-electron chi connectivity index (χ0n) is 25.1. The van der Waals surface area contributed by atoms with Crippen molar-refractivity contribution >= 4 is 17.5 Å². The van der Waals surface area contributed by atoms with E-state index in [0.29, 0.717) is 53.3 Å². The third-order valence-electron chi connectivity index (χ3n) is 9.94. The number of likely N-dealkylation sites (N-methyl/N-ethyl adjacent to an activating group) is 1. The fraction of sp³-hybridized carbons (Fsp3) is 0.471. The molecular weight excluding hydrogens is 516 g/mol. The van der Waals surface area contributed by atoms with E-state index in [2.05, 4.69) is 0 Å². The number of methoxy groups -OCH3 is 1. The second kappa shape index (κ2) is 9.40. The van der Waals surface area contributed by atoms with Gasteiger partial charge in [0.2, 0.25) is 0 Å². The minimum atomic E-state index is -0.614. The molecule has 4 aliphatic rings. The van der Waals surface area contributed by atoms with Crippen LogP contribution < -0.4 is 4.74 Å². The van der Waals surface area contributed by atoms with Gasteiger partial charge >= 0.3 is 0 Å². The van der Waals surface area contributed by atoms with Crippen molar-refractivity contribution in [2.75, 3.05) is 14.2 Å². The van der Waals surface area contributed by atoms with Crippen molar-refractivity contribution in [3.63, 3.8) is 0 Å². The van der Waals surface area contributed by atoms with Crippen LogP contribution in [0.4, 0.5) is 0 Å². The molecule has 7 nitrogen and oxygen atoms in total. The average Bonchev–Trinajstić information content (AvgIpc) is 2.89. The molecule has 2 aliphatic heterocycles. The number of allylic oxidation sites excluding steroid dienone is 2. The third-order valence-corrected chi connectivity index (χ3v) is 9.94. The molecule has 1 aromatic carbocycles. The van der Waals surface area contributed by atoms with E-state index in [-0.39, 0.29) is 22.9 Å². The molecule has 41 heavy (non-hydrogen) atoms. The number of aromatic nitrogens is 1. The Hall–Kier alpha value is -3.74. The van der Waals surface area contributed by atoms with Gasteiger partial charge in [-0.3, -0.25) is 14.4 Å². The topological polar surface area (TPSA) is 85.8 Å². The number of nitrogens with zero attached hydrogens (tertiary/aromatic N) is 2. The van der Waals surface area contributed by atoms with Crippen LogP contribution in [-0.4, -0.2) is 47.1 Å². The molecule has 1 amide bonds. The van der Waals surface area contributed by atoms with Crippen LogP contribution in [0.1, 0.15) is 92.4 Å². The number of pyridine rings is 1. The lowest BCUT2D eigenvalue weighted by Crippen LogP contribution is -2.52. The Kier molecular flexibility index (Phi) is 6.29. The van der Waals surface area contributed by atoms with Crippen LogP contribution in [0.5, 0.6) is 5.75 Å². The van der Waals surface area contributed by atoms with E-state index in [1.54, 1.807) is 12.0 Å². The monoisotopic (exact) mass is 554 g/mol. The summed E-state index contributed by atoms with van der Waals surface area (Å²) in [6, 6.07) is 7.63. The summed E-state index contributed by atoms with van der Waals surface area (Å²) in [5.74, 6) is 1.19. The summed E-state index contributed by atoms with van der Waals surface area (Å²) in [7, 11) is 3.43. The van der Waals surface area contributed by atoms with Crippen molar-refractivity contribution in [3.05, 3.63) is 69.3 Å². The summed E-state index contributed by atoms with van der Waals surface area (Å²) in [4.78, 5) is 47.0. The number of aryl methyl sites for hydroxylation is 1. The van der Waals surface area contributed by atoms with E-state index >= 15 is 0 Å². The van der Waals surface area contributed by atoms with Crippen molar-refractivity contribution in [1.82, 2.24) is 9.88 Å². The standard InChI is InChI=1S/C34H38N2O5/c1-18-9-11-22(35-31(18)20(3)37)21-10-12-24(40-7)27(19(21)2)30-28-23(38)15-34(13-8-14-34)17-26(28)41-25-16-33(4,5)36(6)32(39)29(25)30/h9-12,30H,8,13-17H2,1-7H3/t30-/m0/s1. The highest BCUT2D eigenvalue weighted by Gasteiger charge is 2.53. The maximum absolute atomic E-state index is 14.1. The van der Waals surface area contributed by atoms with Crippen molar-refractivity contribution in [1.29, 1.82) is 0 Å². The van der Waals surface area contributed by atoms with Crippen molar-refractivity contribution in [2.24, 2.45) is 5.41 Å². The lowest BCUT2D eigenvalue weighted by Gasteiger charge is -2.50. The average molecular weight is 555 g/mol. The van der Waals surface area contributed by atoms with E-state index < -0.39 is 11.5 Å². The first-order chi connectivity index (χ1) is 19.4. The highest BCUT2D eigenvalue weighted by Crippen LogP contribution is 2.58. The first-order valence-electron chi connectivity index (χ1n) is 14.5. The van der Waals surface area contributed by atoms with Gasteiger partial charge in [-0.2, -0.15) is 0 Å². The first-order valence-corrected chi connectivity index (χ1v) is 14.5. The molecule has 3 heterocycles. The van der Waals surface area contributed by atoms with Crippen molar-refractivity contribution in [2.45, 2.75) is 84.6 Å². The molecule has 1 spiro atoms. The lowest BCUT2D eigenvalue weighted by atomic mass is 9.58. The Morgan fingerprint density at radius 2 is 1.73 bits per heavy atom. The number of hydrogen-bond acceptors (Lipinski definition) is 6. The number of rotatable bonds is 4. The van der Waals surface area contributed by atoms with Gasteiger partial charge in [0.15, 0.2) is 11.6 Å².